The highest BCUT2D eigenvalue weighted by Crippen LogP contribution is 2.29. The predicted molar refractivity (Wildman–Crippen MR) is 52.8 cm³/mol. The summed E-state index contributed by atoms with van der Waals surface area (Å²) in [7, 11) is 1.64. The molecule has 0 spiro atoms. The van der Waals surface area contributed by atoms with E-state index in [1.165, 1.54) is 0 Å². The van der Waals surface area contributed by atoms with E-state index >= 15 is 0 Å². The maximum Gasteiger partial charge on any atom is 0.161 e. The average molecular weight is 194 g/mol. The van der Waals surface area contributed by atoms with Crippen molar-refractivity contribution in [3.8, 4) is 11.5 Å². The van der Waals surface area contributed by atoms with Gasteiger partial charge in [-0.15, -0.1) is 0 Å². The molecule has 1 heterocycles. The zero-order valence-corrected chi connectivity index (χ0v) is 8.40. The van der Waals surface area contributed by atoms with Crippen LogP contribution >= 0.6 is 0 Å². The molecule has 2 atom stereocenters. The van der Waals surface area contributed by atoms with Gasteiger partial charge in [-0.3, -0.25) is 0 Å². The van der Waals surface area contributed by atoms with Crippen LogP contribution in [0.2, 0.25) is 0 Å². The molecular weight excluding hydrogens is 180 g/mol. The maximum atomic E-state index is 5.71. The van der Waals surface area contributed by atoms with Crippen LogP contribution in [-0.2, 0) is 4.74 Å². The normalized spacial score (nSPS) is 21.4. The fraction of sp³-hybridized carbons (Fsp3) is 0.455. The zero-order chi connectivity index (χ0) is 9.97. The van der Waals surface area contributed by atoms with Crippen LogP contribution in [0.15, 0.2) is 24.3 Å². The molecule has 0 aromatic heterocycles. The Hall–Kier alpha value is -1.22. The lowest BCUT2D eigenvalue weighted by Crippen LogP contribution is -2.18. The molecule has 0 aliphatic carbocycles. The highest BCUT2D eigenvalue weighted by molar-refractivity contribution is 5.39. The Balaban J connectivity index is 2.06. The molecule has 2 rings (SSSR count). The van der Waals surface area contributed by atoms with Gasteiger partial charge in [0.25, 0.3) is 0 Å². The fourth-order valence-corrected chi connectivity index (χ4v) is 1.32. The van der Waals surface area contributed by atoms with Crippen LogP contribution in [0, 0.1) is 0 Å². The van der Waals surface area contributed by atoms with Crippen molar-refractivity contribution in [1.82, 2.24) is 0 Å². The molecular formula is C11H14O3. The Morgan fingerprint density at radius 2 is 2.00 bits per heavy atom. The SMILES string of the molecule is COc1ccccc1O[C@H](C)[C@@H]1CO1. The van der Waals surface area contributed by atoms with Crippen molar-refractivity contribution in [2.45, 2.75) is 19.1 Å². The van der Waals surface area contributed by atoms with Crippen LogP contribution in [0.1, 0.15) is 6.92 Å². The van der Waals surface area contributed by atoms with E-state index in [1.54, 1.807) is 7.11 Å². The molecule has 1 aliphatic heterocycles. The van der Waals surface area contributed by atoms with E-state index in [0.29, 0.717) is 0 Å². The second kappa shape index (κ2) is 3.88. The van der Waals surface area contributed by atoms with Crippen LogP contribution in [0.3, 0.4) is 0 Å². The Morgan fingerprint density at radius 1 is 1.36 bits per heavy atom. The molecule has 0 amide bonds. The van der Waals surface area contributed by atoms with Gasteiger partial charge in [0.2, 0.25) is 0 Å². The van der Waals surface area contributed by atoms with Crippen molar-refractivity contribution in [3.05, 3.63) is 24.3 Å². The summed E-state index contributed by atoms with van der Waals surface area (Å²) in [6, 6.07) is 7.63. The molecule has 1 aromatic rings. The first-order chi connectivity index (χ1) is 6.81. The number of ether oxygens (including phenoxy) is 3. The molecule has 0 radical (unpaired) electrons. The quantitative estimate of drug-likeness (QED) is 0.685. The fourth-order valence-electron chi connectivity index (χ4n) is 1.32. The van der Waals surface area contributed by atoms with Gasteiger partial charge < -0.3 is 14.2 Å². The summed E-state index contributed by atoms with van der Waals surface area (Å²) in [6.45, 7) is 2.81. The number of para-hydroxylation sites is 2. The van der Waals surface area contributed by atoms with Gasteiger partial charge in [0.15, 0.2) is 11.5 Å². The summed E-state index contributed by atoms with van der Waals surface area (Å²) in [5, 5.41) is 0. The molecule has 3 nitrogen and oxygen atoms in total. The molecule has 1 aromatic carbocycles. The number of epoxide rings is 1. The van der Waals surface area contributed by atoms with Gasteiger partial charge in [-0.25, -0.2) is 0 Å². The number of rotatable bonds is 4. The highest BCUT2D eigenvalue weighted by atomic mass is 16.6. The number of benzene rings is 1. The topological polar surface area (TPSA) is 31.0 Å². The average Bonchev–Trinajstić information content (AvgIpc) is 3.02. The Morgan fingerprint density at radius 3 is 2.57 bits per heavy atom. The van der Waals surface area contributed by atoms with Crippen LogP contribution in [0.25, 0.3) is 0 Å². The van der Waals surface area contributed by atoms with Gasteiger partial charge in [-0.05, 0) is 19.1 Å². The summed E-state index contributed by atoms with van der Waals surface area (Å²) < 4.78 is 16.0. The third-order valence-corrected chi connectivity index (χ3v) is 2.26. The minimum Gasteiger partial charge on any atom is -0.493 e. The number of hydrogen-bond acceptors (Lipinski definition) is 3. The molecule has 0 N–H and O–H groups in total. The molecule has 0 bridgehead atoms. The first kappa shape index (κ1) is 9.34. The van der Waals surface area contributed by atoms with Crippen LogP contribution in [0.5, 0.6) is 11.5 Å². The molecule has 14 heavy (non-hydrogen) atoms. The van der Waals surface area contributed by atoms with Crippen molar-refractivity contribution in [1.29, 1.82) is 0 Å². The minimum atomic E-state index is 0.0892. The maximum absolute atomic E-state index is 5.71. The highest BCUT2D eigenvalue weighted by Gasteiger charge is 2.31. The molecule has 1 saturated heterocycles. The molecule has 0 saturated carbocycles. The first-order valence-electron chi connectivity index (χ1n) is 4.72. The van der Waals surface area contributed by atoms with Gasteiger partial charge in [0, 0.05) is 0 Å². The standard InChI is InChI=1S/C11H14O3/c1-8(11-7-13-11)14-10-6-4-3-5-9(10)12-2/h3-6,8,11H,7H2,1-2H3/t8-,11+/m1/s1. The van der Waals surface area contributed by atoms with Gasteiger partial charge in [-0.2, -0.15) is 0 Å². The largest absolute Gasteiger partial charge is 0.493 e. The summed E-state index contributed by atoms with van der Waals surface area (Å²) >= 11 is 0. The van der Waals surface area contributed by atoms with Crippen molar-refractivity contribution in [2.24, 2.45) is 0 Å². The van der Waals surface area contributed by atoms with Crippen LogP contribution in [-0.4, -0.2) is 25.9 Å². The second-order valence-electron chi connectivity index (χ2n) is 3.35. The van der Waals surface area contributed by atoms with Crippen molar-refractivity contribution in [3.63, 3.8) is 0 Å². The molecule has 3 heteroatoms. The van der Waals surface area contributed by atoms with E-state index in [-0.39, 0.29) is 12.2 Å². The molecule has 1 fully saturated rings. The minimum absolute atomic E-state index is 0.0892. The van der Waals surface area contributed by atoms with E-state index in [1.807, 2.05) is 31.2 Å². The summed E-state index contributed by atoms with van der Waals surface area (Å²) in [4.78, 5) is 0. The monoisotopic (exact) mass is 194 g/mol. The number of hydrogen-bond donors (Lipinski definition) is 0. The van der Waals surface area contributed by atoms with Gasteiger partial charge in [0.05, 0.1) is 13.7 Å². The zero-order valence-electron chi connectivity index (χ0n) is 8.40. The van der Waals surface area contributed by atoms with E-state index in [9.17, 15) is 0 Å². The third kappa shape index (κ3) is 1.99. The van der Waals surface area contributed by atoms with Gasteiger partial charge in [0.1, 0.15) is 12.2 Å². The predicted octanol–water partition coefficient (Wildman–Crippen LogP) is 1.86. The number of methoxy groups -OCH3 is 1. The first-order valence-corrected chi connectivity index (χ1v) is 4.72. The van der Waals surface area contributed by atoms with Crippen molar-refractivity contribution >= 4 is 0 Å². The van der Waals surface area contributed by atoms with Crippen molar-refractivity contribution < 1.29 is 14.2 Å². The van der Waals surface area contributed by atoms with E-state index in [4.69, 9.17) is 14.2 Å². The van der Waals surface area contributed by atoms with E-state index in [0.717, 1.165) is 18.1 Å². The molecule has 1 aliphatic rings. The van der Waals surface area contributed by atoms with Gasteiger partial charge in [-0.1, -0.05) is 12.1 Å². The summed E-state index contributed by atoms with van der Waals surface area (Å²) in [6.07, 6.45) is 0.339. The lowest BCUT2D eigenvalue weighted by molar-refractivity contribution is 0.170. The molecule has 76 valence electrons. The summed E-state index contributed by atoms with van der Waals surface area (Å²) in [5.74, 6) is 1.54. The van der Waals surface area contributed by atoms with Crippen LogP contribution in [0.4, 0.5) is 0 Å². The van der Waals surface area contributed by atoms with Crippen LogP contribution < -0.4 is 9.47 Å². The molecule has 0 unspecified atom stereocenters. The Labute approximate surface area is 83.6 Å². The lowest BCUT2D eigenvalue weighted by Gasteiger charge is -2.14. The smallest absolute Gasteiger partial charge is 0.161 e. The van der Waals surface area contributed by atoms with Gasteiger partial charge >= 0.3 is 0 Å². The Bertz CT molecular complexity index is 307. The lowest BCUT2D eigenvalue weighted by atomic mass is 10.3. The second-order valence-corrected chi connectivity index (χ2v) is 3.35. The van der Waals surface area contributed by atoms with E-state index in [2.05, 4.69) is 0 Å². The Kier molecular flexibility index (Phi) is 2.59. The third-order valence-electron chi connectivity index (χ3n) is 2.26. The van der Waals surface area contributed by atoms with E-state index < -0.39 is 0 Å². The summed E-state index contributed by atoms with van der Waals surface area (Å²) in [5.41, 5.74) is 0. The van der Waals surface area contributed by atoms with Crippen molar-refractivity contribution in [2.75, 3.05) is 13.7 Å².